The second-order valence-corrected chi connectivity index (χ2v) is 6.26. The van der Waals surface area contributed by atoms with Gasteiger partial charge in [-0.3, -0.25) is 10.1 Å². The van der Waals surface area contributed by atoms with E-state index in [4.69, 9.17) is 5.14 Å². The molecule has 0 spiro atoms. The largest absolute Gasteiger partial charge is 0.363 e. The molecule has 0 atom stereocenters. The van der Waals surface area contributed by atoms with Crippen LogP contribution in [0.25, 0.3) is 11.3 Å². The van der Waals surface area contributed by atoms with Crippen molar-refractivity contribution in [2.24, 2.45) is 5.14 Å². The van der Waals surface area contributed by atoms with Gasteiger partial charge in [0, 0.05) is 14.1 Å². The highest BCUT2D eigenvalue weighted by molar-refractivity contribution is 7.89. The molecule has 0 radical (unpaired) electrons. The number of primary sulfonamides is 1. The number of nitrogens with two attached hydrogens (primary N) is 1. The summed E-state index contributed by atoms with van der Waals surface area (Å²) in [5.41, 5.74) is -0.183. The number of benzene rings is 1. The molecule has 0 aliphatic rings. The van der Waals surface area contributed by atoms with Crippen molar-refractivity contribution in [1.29, 1.82) is 0 Å². The first-order chi connectivity index (χ1) is 10.2. The Kier molecular flexibility index (Phi) is 4.11. The van der Waals surface area contributed by atoms with Gasteiger partial charge in [0.1, 0.15) is 5.82 Å². The fourth-order valence-corrected chi connectivity index (χ4v) is 2.69. The van der Waals surface area contributed by atoms with Crippen molar-refractivity contribution in [3.8, 4) is 11.3 Å². The number of hydrogen-bond donors (Lipinski definition) is 1. The second-order valence-electron chi connectivity index (χ2n) is 4.73. The zero-order chi connectivity index (χ0) is 16.5. The number of anilines is 1. The molecule has 1 heterocycles. The van der Waals surface area contributed by atoms with Gasteiger partial charge < -0.3 is 4.90 Å². The average Bonchev–Trinajstić information content (AvgIpc) is 2.45. The quantitative estimate of drug-likeness (QED) is 0.670. The molecule has 2 rings (SSSR count). The lowest BCUT2D eigenvalue weighted by Gasteiger charge is -2.12. The first-order valence-electron chi connectivity index (χ1n) is 6.17. The summed E-state index contributed by atoms with van der Waals surface area (Å²) < 4.78 is 23.1. The number of aromatic nitrogens is 1. The number of nitrogens with zero attached hydrogens (tertiary/aromatic N) is 3. The van der Waals surface area contributed by atoms with Crippen LogP contribution in [0.15, 0.2) is 41.3 Å². The van der Waals surface area contributed by atoms with Crippen LogP contribution in [0.5, 0.6) is 0 Å². The van der Waals surface area contributed by atoms with Crippen LogP contribution in [-0.2, 0) is 10.0 Å². The maximum absolute atomic E-state index is 11.6. The van der Waals surface area contributed by atoms with E-state index in [0.717, 1.165) is 6.07 Å². The van der Waals surface area contributed by atoms with Gasteiger partial charge in [0.2, 0.25) is 10.0 Å². The zero-order valence-electron chi connectivity index (χ0n) is 11.9. The highest BCUT2D eigenvalue weighted by atomic mass is 32.2. The third-order valence-corrected chi connectivity index (χ3v) is 3.90. The molecule has 2 N–H and O–H groups in total. The maximum atomic E-state index is 11.6. The summed E-state index contributed by atoms with van der Waals surface area (Å²) in [6, 6.07) is 8.93. The minimum Gasteiger partial charge on any atom is -0.363 e. The smallest absolute Gasteiger partial charge is 0.298 e. The van der Waals surface area contributed by atoms with Gasteiger partial charge in [0.25, 0.3) is 5.69 Å². The van der Waals surface area contributed by atoms with Crippen LogP contribution in [0, 0.1) is 10.1 Å². The van der Waals surface area contributed by atoms with E-state index in [2.05, 4.69) is 4.98 Å². The van der Waals surface area contributed by atoms with Gasteiger partial charge in [0.05, 0.1) is 16.2 Å². The number of sulfonamides is 1. The molecule has 0 bridgehead atoms. The van der Waals surface area contributed by atoms with Crippen molar-refractivity contribution in [3.05, 3.63) is 46.5 Å². The molecule has 1 aromatic carbocycles. The van der Waals surface area contributed by atoms with Gasteiger partial charge in [0.15, 0.2) is 4.90 Å². The number of nitro benzene ring substituents is 1. The van der Waals surface area contributed by atoms with Crippen molar-refractivity contribution < 1.29 is 13.3 Å². The molecule has 8 nitrogen and oxygen atoms in total. The fraction of sp³-hybridized carbons (Fsp3) is 0.154. The van der Waals surface area contributed by atoms with Gasteiger partial charge in [-0.05, 0) is 24.3 Å². The summed E-state index contributed by atoms with van der Waals surface area (Å²) in [6.45, 7) is 0. The number of para-hydroxylation sites is 1. The fourth-order valence-electron chi connectivity index (χ4n) is 1.97. The Morgan fingerprint density at radius 3 is 2.36 bits per heavy atom. The highest BCUT2D eigenvalue weighted by Gasteiger charge is 2.27. The van der Waals surface area contributed by atoms with E-state index in [-0.39, 0.29) is 5.56 Å². The normalized spacial score (nSPS) is 11.2. The van der Waals surface area contributed by atoms with Crippen LogP contribution in [0.4, 0.5) is 11.5 Å². The number of nitro groups is 1. The predicted molar refractivity (Wildman–Crippen MR) is 82.0 cm³/mol. The van der Waals surface area contributed by atoms with Gasteiger partial charge in [-0.15, -0.1) is 0 Å². The van der Waals surface area contributed by atoms with Crippen molar-refractivity contribution in [3.63, 3.8) is 0 Å². The summed E-state index contributed by atoms with van der Waals surface area (Å²) in [4.78, 5) is 16.1. The van der Waals surface area contributed by atoms with Gasteiger partial charge in [-0.1, -0.05) is 12.1 Å². The SMILES string of the molecule is CN(C)c1cccc(-c2cccc(S(N)(=O)=O)c2[N+](=O)[O-])n1. The summed E-state index contributed by atoms with van der Waals surface area (Å²) >= 11 is 0. The van der Waals surface area contributed by atoms with Gasteiger partial charge in [-0.25, -0.2) is 18.5 Å². The molecular formula is C13H14N4O4S. The van der Waals surface area contributed by atoms with Crippen LogP contribution < -0.4 is 10.0 Å². The standard InChI is InChI=1S/C13H14N4O4S/c1-16(2)12-8-4-6-10(15-12)9-5-3-7-11(22(14,20)21)13(9)17(18)19/h3-8H,1-2H3,(H2,14,20,21). The van der Waals surface area contributed by atoms with E-state index >= 15 is 0 Å². The summed E-state index contributed by atoms with van der Waals surface area (Å²) in [6.07, 6.45) is 0. The first kappa shape index (κ1) is 15.9. The van der Waals surface area contributed by atoms with Crippen LogP contribution >= 0.6 is 0 Å². The first-order valence-corrected chi connectivity index (χ1v) is 7.71. The Morgan fingerprint density at radius 2 is 1.82 bits per heavy atom. The maximum Gasteiger partial charge on any atom is 0.298 e. The average molecular weight is 322 g/mol. The van der Waals surface area contributed by atoms with Crippen LogP contribution in [-0.4, -0.2) is 32.4 Å². The molecule has 9 heteroatoms. The number of pyridine rings is 1. The van der Waals surface area contributed by atoms with E-state index in [1.807, 2.05) is 0 Å². The Hall–Kier alpha value is -2.52. The van der Waals surface area contributed by atoms with E-state index in [1.54, 1.807) is 37.2 Å². The van der Waals surface area contributed by atoms with E-state index < -0.39 is 25.5 Å². The van der Waals surface area contributed by atoms with Crippen molar-refractivity contribution in [2.45, 2.75) is 4.90 Å². The Morgan fingerprint density at radius 1 is 1.18 bits per heavy atom. The summed E-state index contributed by atoms with van der Waals surface area (Å²) in [5.74, 6) is 0.591. The topological polar surface area (TPSA) is 119 Å². The number of rotatable bonds is 4. The molecular weight excluding hydrogens is 308 g/mol. The summed E-state index contributed by atoms with van der Waals surface area (Å²) in [7, 11) is -0.657. The molecule has 116 valence electrons. The molecule has 0 amide bonds. The molecule has 2 aromatic rings. The van der Waals surface area contributed by atoms with E-state index in [1.165, 1.54) is 12.1 Å². The highest BCUT2D eigenvalue weighted by Crippen LogP contribution is 2.34. The van der Waals surface area contributed by atoms with Crippen LogP contribution in [0.3, 0.4) is 0 Å². The van der Waals surface area contributed by atoms with E-state index in [9.17, 15) is 18.5 Å². The minimum absolute atomic E-state index is 0.0974. The molecule has 0 unspecified atom stereocenters. The Labute approximate surface area is 127 Å². The lowest BCUT2D eigenvalue weighted by Crippen LogP contribution is -2.15. The molecule has 0 saturated carbocycles. The number of hydrogen-bond acceptors (Lipinski definition) is 6. The summed E-state index contributed by atoms with van der Waals surface area (Å²) in [5, 5.41) is 16.4. The zero-order valence-corrected chi connectivity index (χ0v) is 12.7. The van der Waals surface area contributed by atoms with E-state index in [0.29, 0.717) is 11.5 Å². The van der Waals surface area contributed by atoms with Crippen molar-refractivity contribution >= 4 is 21.5 Å². The van der Waals surface area contributed by atoms with Gasteiger partial charge >= 0.3 is 0 Å². The molecule has 0 aliphatic heterocycles. The Balaban J connectivity index is 2.76. The van der Waals surface area contributed by atoms with Crippen molar-refractivity contribution in [2.75, 3.05) is 19.0 Å². The lowest BCUT2D eigenvalue weighted by atomic mass is 10.1. The second kappa shape index (κ2) is 5.70. The van der Waals surface area contributed by atoms with Gasteiger partial charge in [-0.2, -0.15) is 0 Å². The molecule has 0 aliphatic carbocycles. The molecule has 0 fully saturated rings. The van der Waals surface area contributed by atoms with Crippen LogP contribution in [0.1, 0.15) is 0 Å². The molecule has 0 saturated heterocycles. The van der Waals surface area contributed by atoms with Crippen LogP contribution in [0.2, 0.25) is 0 Å². The monoisotopic (exact) mass is 322 g/mol. The Bertz CT molecular complexity index is 834. The lowest BCUT2D eigenvalue weighted by molar-refractivity contribution is -0.387. The van der Waals surface area contributed by atoms with Crippen molar-refractivity contribution in [1.82, 2.24) is 4.98 Å². The predicted octanol–water partition coefficient (Wildman–Crippen LogP) is 1.37. The minimum atomic E-state index is -4.22. The third-order valence-electron chi connectivity index (χ3n) is 2.96. The third kappa shape index (κ3) is 3.05. The molecule has 22 heavy (non-hydrogen) atoms. The molecule has 1 aromatic heterocycles.